The van der Waals surface area contributed by atoms with Crippen LogP contribution in [0.4, 0.5) is 0 Å². The van der Waals surface area contributed by atoms with Crippen LogP contribution in [0.2, 0.25) is 0 Å². The van der Waals surface area contributed by atoms with Gasteiger partial charge in [0.2, 0.25) is 0 Å². The number of carbonyl (C=O) groups is 2. The molecule has 0 spiro atoms. The maximum Gasteiger partial charge on any atom is 0.311 e. The fourth-order valence-corrected chi connectivity index (χ4v) is 3.14. The van der Waals surface area contributed by atoms with Crippen LogP contribution in [-0.4, -0.2) is 11.9 Å². The van der Waals surface area contributed by atoms with E-state index >= 15 is 0 Å². The molecule has 2 aromatic carbocycles. The summed E-state index contributed by atoms with van der Waals surface area (Å²) in [4.78, 5) is 24.5. The highest BCUT2D eigenvalue weighted by Gasteiger charge is 2.15. The zero-order valence-corrected chi connectivity index (χ0v) is 18.4. The average molecular weight is 397 g/mol. The molecular weight excluding hydrogens is 364 g/mol. The summed E-state index contributed by atoms with van der Waals surface area (Å²) in [6.45, 7) is 12.2. The van der Waals surface area contributed by atoms with Crippen molar-refractivity contribution in [3.63, 3.8) is 0 Å². The maximum atomic E-state index is 12.3. The highest BCUT2D eigenvalue weighted by molar-refractivity contribution is 5.76. The summed E-state index contributed by atoms with van der Waals surface area (Å²) >= 11 is 0. The second-order valence-corrected chi connectivity index (χ2v) is 8.19. The van der Waals surface area contributed by atoms with Crippen molar-refractivity contribution in [2.45, 2.75) is 72.6 Å². The molecule has 0 fully saturated rings. The molecule has 0 radical (unpaired) electrons. The van der Waals surface area contributed by atoms with Gasteiger partial charge in [0.25, 0.3) is 0 Å². The second kappa shape index (κ2) is 10.2. The molecule has 2 rings (SSSR count). The van der Waals surface area contributed by atoms with Gasteiger partial charge >= 0.3 is 11.9 Å². The standard InChI is InChI=1S/C25H32O4/c1-16(2)20-12-10-18(5)14-22(20)28-24(26)8-7-9-25(27)29-23-15-19(6)11-13-21(23)17(3)4/h10-17H,7-9H2,1-6H3. The Morgan fingerprint density at radius 3 is 1.45 bits per heavy atom. The number of benzene rings is 2. The van der Waals surface area contributed by atoms with Crippen molar-refractivity contribution < 1.29 is 19.1 Å². The Balaban J connectivity index is 1.89. The SMILES string of the molecule is Cc1ccc(C(C)C)c(OC(=O)CCCC(=O)Oc2cc(C)ccc2C(C)C)c1. The van der Waals surface area contributed by atoms with E-state index < -0.39 is 0 Å². The van der Waals surface area contributed by atoms with Crippen molar-refractivity contribution in [1.29, 1.82) is 0 Å². The van der Waals surface area contributed by atoms with E-state index in [-0.39, 0.29) is 36.6 Å². The van der Waals surface area contributed by atoms with Crippen LogP contribution < -0.4 is 9.47 Å². The predicted molar refractivity (Wildman–Crippen MR) is 116 cm³/mol. The Kier molecular flexibility index (Phi) is 8.00. The van der Waals surface area contributed by atoms with Crippen LogP contribution in [0.25, 0.3) is 0 Å². The third kappa shape index (κ3) is 6.74. The van der Waals surface area contributed by atoms with Crippen LogP contribution in [-0.2, 0) is 9.59 Å². The molecule has 4 heteroatoms. The lowest BCUT2D eigenvalue weighted by molar-refractivity contribution is -0.136. The van der Waals surface area contributed by atoms with Gasteiger partial charge in [-0.1, -0.05) is 52.0 Å². The van der Waals surface area contributed by atoms with Crippen LogP contribution >= 0.6 is 0 Å². The van der Waals surface area contributed by atoms with Crippen molar-refractivity contribution in [3.8, 4) is 11.5 Å². The van der Waals surface area contributed by atoms with Gasteiger partial charge in [0, 0.05) is 12.8 Å². The molecule has 0 unspecified atom stereocenters. The average Bonchev–Trinajstić information content (AvgIpc) is 2.61. The number of ether oxygens (including phenoxy) is 2. The number of hydrogen-bond donors (Lipinski definition) is 0. The molecule has 0 atom stereocenters. The summed E-state index contributed by atoms with van der Waals surface area (Å²) in [7, 11) is 0. The van der Waals surface area contributed by atoms with Crippen LogP contribution in [0.3, 0.4) is 0 Å². The Hall–Kier alpha value is -2.62. The first-order valence-corrected chi connectivity index (χ1v) is 10.3. The Bertz CT molecular complexity index is 794. The summed E-state index contributed by atoms with van der Waals surface area (Å²) in [6, 6.07) is 11.8. The van der Waals surface area contributed by atoms with Crippen molar-refractivity contribution in [3.05, 3.63) is 58.7 Å². The zero-order valence-electron chi connectivity index (χ0n) is 18.4. The number of esters is 2. The molecule has 0 heterocycles. The first kappa shape index (κ1) is 22.7. The molecule has 0 N–H and O–H groups in total. The van der Waals surface area contributed by atoms with E-state index in [2.05, 4.69) is 27.7 Å². The summed E-state index contributed by atoms with van der Waals surface area (Å²) in [6.07, 6.45) is 0.736. The van der Waals surface area contributed by atoms with E-state index in [9.17, 15) is 9.59 Å². The summed E-state index contributed by atoms with van der Waals surface area (Å²) in [5.74, 6) is 1.07. The van der Waals surface area contributed by atoms with Gasteiger partial charge in [-0.2, -0.15) is 0 Å². The lowest BCUT2D eigenvalue weighted by atomic mass is 10.0. The topological polar surface area (TPSA) is 52.6 Å². The van der Waals surface area contributed by atoms with Gasteiger partial charge in [-0.15, -0.1) is 0 Å². The van der Waals surface area contributed by atoms with E-state index in [1.54, 1.807) is 0 Å². The third-order valence-electron chi connectivity index (χ3n) is 4.79. The smallest absolute Gasteiger partial charge is 0.311 e. The van der Waals surface area contributed by atoms with Gasteiger partial charge in [0.05, 0.1) is 0 Å². The summed E-state index contributed by atoms with van der Waals surface area (Å²) < 4.78 is 11.1. The minimum Gasteiger partial charge on any atom is -0.426 e. The van der Waals surface area contributed by atoms with Crippen molar-refractivity contribution in [2.24, 2.45) is 0 Å². The Morgan fingerprint density at radius 2 is 1.10 bits per heavy atom. The van der Waals surface area contributed by atoms with E-state index in [0.29, 0.717) is 17.9 Å². The number of hydrogen-bond acceptors (Lipinski definition) is 4. The number of rotatable bonds is 8. The van der Waals surface area contributed by atoms with Crippen LogP contribution in [0, 0.1) is 13.8 Å². The largest absolute Gasteiger partial charge is 0.426 e. The van der Waals surface area contributed by atoms with Crippen LogP contribution in [0.15, 0.2) is 36.4 Å². The predicted octanol–water partition coefficient (Wildman–Crippen LogP) is 6.23. The second-order valence-electron chi connectivity index (χ2n) is 8.19. The third-order valence-corrected chi connectivity index (χ3v) is 4.79. The van der Waals surface area contributed by atoms with Crippen LogP contribution in [0.5, 0.6) is 11.5 Å². The lowest BCUT2D eigenvalue weighted by Crippen LogP contribution is -2.13. The molecule has 29 heavy (non-hydrogen) atoms. The number of carbonyl (C=O) groups excluding carboxylic acids is 2. The minimum absolute atomic E-state index is 0.172. The zero-order chi connectivity index (χ0) is 21.6. The maximum absolute atomic E-state index is 12.3. The fourth-order valence-electron chi connectivity index (χ4n) is 3.14. The van der Waals surface area contributed by atoms with Gasteiger partial charge in [-0.05, 0) is 66.5 Å². The van der Waals surface area contributed by atoms with E-state index in [4.69, 9.17) is 9.47 Å². The fraction of sp³-hybridized carbons (Fsp3) is 0.440. The lowest BCUT2D eigenvalue weighted by Gasteiger charge is -2.14. The molecular formula is C25H32O4. The Labute approximate surface area is 174 Å². The highest BCUT2D eigenvalue weighted by Crippen LogP contribution is 2.29. The normalized spacial score (nSPS) is 11.0. The minimum atomic E-state index is -0.330. The molecule has 0 saturated carbocycles. The van der Waals surface area contributed by atoms with E-state index in [1.165, 1.54) is 0 Å². The molecule has 0 bridgehead atoms. The first-order chi connectivity index (χ1) is 13.7. The molecule has 0 aliphatic rings. The van der Waals surface area contributed by atoms with Crippen molar-refractivity contribution in [2.75, 3.05) is 0 Å². The van der Waals surface area contributed by atoms with E-state index in [1.807, 2.05) is 50.2 Å². The van der Waals surface area contributed by atoms with Gasteiger partial charge in [0.1, 0.15) is 11.5 Å². The van der Waals surface area contributed by atoms with Crippen molar-refractivity contribution >= 4 is 11.9 Å². The molecule has 0 aromatic heterocycles. The highest BCUT2D eigenvalue weighted by atomic mass is 16.5. The quantitative estimate of drug-likeness (QED) is 0.392. The van der Waals surface area contributed by atoms with Gasteiger partial charge in [-0.3, -0.25) is 9.59 Å². The molecule has 4 nitrogen and oxygen atoms in total. The van der Waals surface area contributed by atoms with Gasteiger partial charge in [0.15, 0.2) is 0 Å². The molecule has 0 aliphatic carbocycles. The summed E-state index contributed by atoms with van der Waals surface area (Å²) in [5.41, 5.74) is 4.09. The Morgan fingerprint density at radius 1 is 0.724 bits per heavy atom. The molecule has 156 valence electrons. The molecule has 0 amide bonds. The molecule has 0 saturated heterocycles. The number of aryl methyl sites for hydroxylation is 2. The monoisotopic (exact) mass is 396 g/mol. The van der Waals surface area contributed by atoms with Gasteiger partial charge < -0.3 is 9.47 Å². The van der Waals surface area contributed by atoms with Crippen molar-refractivity contribution in [1.82, 2.24) is 0 Å². The molecule has 0 aliphatic heterocycles. The van der Waals surface area contributed by atoms with Crippen LogP contribution in [0.1, 0.15) is 81.0 Å². The molecule has 2 aromatic rings. The first-order valence-electron chi connectivity index (χ1n) is 10.3. The summed E-state index contributed by atoms with van der Waals surface area (Å²) in [5, 5.41) is 0. The van der Waals surface area contributed by atoms with E-state index in [0.717, 1.165) is 22.3 Å². The van der Waals surface area contributed by atoms with Gasteiger partial charge in [-0.25, -0.2) is 0 Å².